The molecular formula is C10H20N2O3. The molecule has 4 unspecified atom stereocenters. The van der Waals surface area contributed by atoms with Gasteiger partial charge in [-0.05, 0) is 5.92 Å². The first-order valence-electron chi connectivity index (χ1n) is 5.37. The van der Waals surface area contributed by atoms with E-state index in [1.165, 1.54) is 4.90 Å². The van der Waals surface area contributed by atoms with Crippen LogP contribution in [0.25, 0.3) is 0 Å². The van der Waals surface area contributed by atoms with E-state index < -0.39 is 18.2 Å². The van der Waals surface area contributed by atoms with Gasteiger partial charge in [-0.2, -0.15) is 0 Å². The van der Waals surface area contributed by atoms with E-state index in [2.05, 4.69) is 0 Å². The van der Waals surface area contributed by atoms with Gasteiger partial charge in [0.1, 0.15) is 0 Å². The van der Waals surface area contributed by atoms with Gasteiger partial charge in [0.15, 0.2) is 0 Å². The Bertz CT molecular complexity index is 225. The minimum atomic E-state index is -0.835. The maximum Gasteiger partial charge on any atom is 0.239 e. The average Bonchev–Trinajstić information content (AvgIpc) is 2.56. The predicted molar refractivity (Wildman–Crippen MR) is 56.0 cm³/mol. The van der Waals surface area contributed by atoms with Crippen molar-refractivity contribution < 1.29 is 15.0 Å². The predicted octanol–water partition coefficient (Wildman–Crippen LogP) is -1.08. The van der Waals surface area contributed by atoms with Crippen molar-refractivity contribution in [3.8, 4) is 0 Å². The minimum Gasteiger partial charge on any atom is -0.388 e. The third-order valence-electron chi connectivity index (χ3n) is 3.11. The van der Waals surface area contributed by atoms with Gasteiger partial charge in [0.2, 0.25) is 5.91 Å². The highest BCUT2D eigenvalue weighted by Crippen LogP contribution is 2.14. The first-order valence-corrected chi connectivity index (χ1v) is 5.37. The summed E-state index contributed by atoms with van der Waals surface area (Å²) in [5.74, 6) is -0.0627. The fourth-order valence-electron chi connectivity index (χ4n) is 1.66. The molecule has 4 atom stereocenters. The molecule has 1 rings (SSSR count). The maximum atomic E-state index is 11.8. The number of hydrogen-bond acceptors (Lipinski definition) is 4. The van der Waals surface area contributed by atoms with Gasteiger partial charge in [0.25, 0.3) is 0 Å². The van der Waals surface area contributed by atoms with E-state index in [0.717, 1.165) is 6.42 Å². The van der Waals surface area contributed by atoms with Crippen LogP contribution in [0.5, 0.6) is 0 Å². The van der Waals surface area contributed by atoms with Gasteiger partial charge in [0.05, 0.1) is 18.2 Å². The lowest BCUT2D eigenvalue weighted by molar-refractivity contribution is -0.133. The number of hydrogen-bond donors (Lipinski definition) is 3. The fourth-order valence-corrected chi connectivity index (χ4v) is 1.66. The molecule has 1 aliphatic heterocycles. The maximum absolute atomic E-state index is 11.8. The van der Waals surface area contributed by atoms with Crippen LogP contribution < -0.4 is 5.73 Å². The van der Waals surface area contributed by atoms with Crippen LogP contribution >= 0.6 is 0 Å². The van der Waals surface area contributed by atoms with Crippen molar-refractivity contribution in [2.45, 2.75) is 38.5 Å². The first kappa shape index (κ1) is 12.4. The number of aliphatic hydroxyl groups excluding tert-OH is 2. The van der Waals surface area contributed by atoms with Gasteiger partial charge < -0.3 is 20.8 Å². The van der Waals surface area contributed by atoms with Crippen LogP contribution in [0.4, 0.5) is 0 Å². The number of β-amino-alcohol motifs (C(OH)–C–C–N with tert-alkyl or cyclic N) is 2. The second-order valence-electron chi connectivity index (χ2n) is 4.29. The van der Waals surface area contributed by atoms with Crippen LogP contribution in [0.15, 0.2) is 0 Å². The molecule has 1 amide bonds. The summed E-state index contributed by atoms with van der Waals surface area (Å²) >= 11 is 0. The molecule has 1 fully saturated rings. The molecule has 5 nitrogen and oxygen atoms in total. The zero-order valence-electron chi connectivity index (χ0n) is 9.26. The van der Waals surface area contributed by atoms with E-state index in [1.54, 1.807) is 0 Å². The monoisotopic (exact) mass is 216 g/mol. The summed E-state index contributed by atoms with van der Waals surface area (Å²) in [6.45, 7) is 4.27. The molecule has 5 heteroatoms. The highest BCUT2D eigenvalue weighted by atomic mass is 16.3. The Labute approximate surface area is 89.9 Å². The number of carbonyl (C=O) groups excluding carboxylic acids is 1. The van der Waals surface area contributed by atoms with Crippen molar-refractivity contribution in [1.82, 2.24) is 4.90 Å². The van der Waals surface area contributed by atoms with Crippen LogP contribution in [-0.4, -0.2) is 52.4 Å². The van der Waals surface area contributed by atoms with Crippen LogP contribution in [0.2, 0.25) is 0 Å². The van der Waals surface area contributed by atoms with Crippen LogP contribution in [-0.2, 0) is 4.79 Å². The minimum absolute atomic E-state index is 0.118. The van der Waals surface area contributed by atoms with Crippen molar-refractivity contribution >= 4 is 5.91 Å². The molecule has 0 radical (unpaired) electrons. The second-order valence-corrected chi connectivity index (χ2v) is 4.29. The van der Waals surface area contributed by atoms with Crippen LogP contribution in [0.1, 0.15) is 20.3 Å². The van der Waals surface area contributed by atoms with Crippen molar-refractivity contribution in [2.75, 3.05) is 13.1 Å². The Morgan fingerprint density at radius 2 is 1.93 bits per heavy atom. The molecule has 0 bridgehead atoms. The Hall–Kier alpha value is -0.650. The smallest absolute Gasteiger partial charge is 0.239 e. The largest absolute Gasteiger partial charge is 0.388 e. The van der Waals surface area contributed by atoms with Crippen molar-refractivity contribution in [3.63, 3.8) is 0 Å². The van der Waals surface area contributed by atoms with E-state index in [0.29, 0.717) is 0 Å². The molecule has 0 aromatic rings. The molecular weight excluding hydrogens is 196 g/mol. The van der Waals surface area contributed by atoms with Crippen molar-refractivity contribution in [1.29, 1.82) is 0 Å². The van der Waals surface area contributed by atoms with E-state index in [9.17, 15) is 15.0 Å². The quantitative estimate of drug-likeness (QED) is 0.560. The summed E-state index contributed by atoms with van der Waals surface area (Å²) in [6.07, 6.45) is -0.831. The molecule has 0 spiro atoms. The van der Waals surface area contributed by atoms with Crippen LogP contribution in [0, 0.1) is 5.92 Å². The molecule has 88 valence electrons. The number of likely N-dealkylation sites (tertiary alicyclic amines) is 1. The van der Waals surface area contributed by atoms with E-state index in [4.69, 9.17) is 5.73 Å². The first-order chi connectivity index (χ1) is 6.97. The summed E-state index contributed by atoms with van der Waals surface area (Å²) in [7, 11) is 0. The topological polar surface area (TPSA) is 86.8 Å². The summed E-state index contributed by atoms with van der Waals surface area (Å²) < 4.78 is 0. The summed E-state index contributed by atoms with van der Waals surface area (Å²) in [5, 5.41) is 18.6. The van der Waals surface area contributed by atoms with Gasteiger partial charge >= 0.3 is 0 Å². The summed E-state index contributed by atoms with van der Waals surface area (Å²) in [6, 6.07) is -0.535. The number of aliphatic hydroxyl groups is 2. The Morgan fingerprint density at radius 1 is 1.47 bits per heavy atom. The summed E-state index contributed by atoms with van der Waals surface area (Å²) in [5.41, 5.74) is 5.79. The van der Waals surface area contributed by atoms with Gasteiger partial charge in [-0.25, -0.2) is 0 Å². The van der Waals surface area contributed by atoms with E-state index >= 15 is 0 Å². The molecule has 0 aromatic carbocycles. The van der Waals surface area contributed by atoms with Gasteiger partial charge in [-0.15, -0.1) is 0 Å². The molecule has 4 N–H and O–H groups in total. The fraction of sp³-hybridized carbons (Fsp3) is 0.900. The number of amides is 1. The molecule has 1 heterocycles. The number of nitrogens with two attached hydrogens (primary N) is 1. The Morgan fingerprint density at radius 3 is 2.33 bits per heavy atom. The lowest BCUT2D eigenvalue weighted by atomic mass is 9.99. The standard InChI is InChI=1S/C10H20N2O3/c1-3-6(2)9(11)10(15)12-4-7(13)8(14)5-12/h6-9,13-14H,3-5,11H2,1-2H3. The van der Waals surface area contributed by atoms with E-state index in [1.807, 2.05) is 13.8 Å². The molecule has 0 saturated carbocycles. The molecule has 0 aromatic heterocycles. The van der Waals surface area contributed by atoms with Gasteiger partial charge in [0, 0.05) is 13.1 Å². The van der Waals surface area contributed by atoms with Gasteiger partial charge in [-0.3, -0.25) is 4.79 Å². The Balaban J connectivity index is 2.54. The average molecular weight is 216 g/mol. The zero-order chi connectivity index (χ0) is 11.6. The molecule has 1 aliphatic rings. The lowest BCUT2D eigenvalue weighted by Crippen LogP contribution is -2.46. The molecule has 0 aliphatic carbocycles. The summed E-state index contributed by atoms with van der Waals surface area (Å²) in [4.78, 5) is 13.3. The lowest BCUT2D eigenvalue weighted by Gasteiger charge is -2.23. The van der Waals surface area contributed by atoms with Crippen molar-refractivity contribution in [3.05, 3.63) is 0 Å². The second kappa shape index (κ2) is 4.92. The van der Waals surface area contributed by atoms with Crippen LogP contribution in [0.3, 0.4) is 0 Å². The molecule has 15 heavy (non-hydrogen) atoms. The van der Waals surface area contributed by atoms with E-state index in [-0.39, 0.29) is 24.9 Å². The highest BCUT2D eigenvalue weighted by molar-refractivity contribution is 5.82. The zero-order valence-corrected chi connectivity index (χ0v) is 9.26. The third-order valence-corrected chi connectivity index (χ3v) is 3.11. The highest BCUT2D eigenvalue weighted by Gasteiger charge is 2.35. The normalized spacial score (nSPS) is 30.3. The van der Waals surface area contributed by atoms with Gasteiger partial charge in [-0.1, -0.05) is 20.3 Å². The SMILES string of the molecule is CCC(C)C(N)C(=O)N1CC(O)C(O)C1. The number of nitrogens with zero attached hydrogens (tertiary/aromatic N) is 1. The Kier molecular flexibility index (Phi) is 4.07. The molecule has 1 saturated heterocycles. The van der Waals surface area contributed by atoms with Crippen molar-refractivity contribution in [2.24, 2.45) is 11.7 Å². The number of rotatable bonds is 3. The third kappa shape index (κ3) is 2.68. The number of carbonyl (C=O) groups is 1.